The van der Waals surface area contributed by atoms with Crippen LogP contribution in [0.5, 0.6) is 0 Å². The van der Waals surface area contributed by atoms with E-state index in [2.05, 4.69) is 50.6 Å². The molecule has 1 aromatic heterocycles. The van der Waals surface area contributed by atoms with E-state index in [-0.39, 0.29) is 0 Å². The monoisotopic (exact) mass is 252 g/mol. The third-order valence-electron chi connectivity index (χ3n) is 3.78. The molecule has 0 amide bonds. The number of fused-ring (bicyclic) bond motifs is 1. The van der Waals surface area contributed by atoms with Gasteiger partial charge in [0.2, 0.25) is 5.58 Å². The Morgan fingerprint density at radius 3 is 2.47 bits per heavy atom. The summed E-state index contributed by atoms with van der Waals surface area (Å²) in [7, 11) is 2.05. The molecule has 0 unspecified atom stereocenters. The first-order valence-electron chi connectivity index (χ1n) is 6.53. The largest absolute Gasteiger partial charge is 0.398 e. The molecule has 1 heterocycles. The summed E-state index contributed by atoms with van der Waals surface area (Å²) in [6.45, 7) is 6.42. The average molecular weight is 252 g/mol. The number of aryl methyl sites for hydroxylation is 3. The zero-order valence-corrected chi connectivity index (χ0v) is 11.8. The van der Waals surface area contributed by atoms with Crippen LogP contribution in [0.15, 0.2) is 40.8 Å². The second-order valence-corrected chi connectivity index (χ2v) is 5.19. The molecule has 2 nitrogen and oxygen atoms in total. The van der Waals surface area contributed by atoms with Gasteiger partial charge in [-0.05, 0) is 49.6 Å². The Balaban J connectivity index is 2.33. The molecular weight excluding hydrogens is 234 g/mol. The minimum absolute atomic E-state index is 0.922. The van der Waals surface area contributed by atoms with Crippen LogP contribution in [0, 0.1) is 20.8 Å². The van der Waals surface area contributed by atoms with E-state index in [1.165, 1.54) is 22.3 Å². The van der Waals surface area contributed by atoms with Gasteiger partial charge < -0.3 is 4.42 Å². The van der Waals surface area contributed by atoms with Crippen LogP contribution in [-0.2, 0) is 7.05 Å². The lowest BCUT2D eigenvalue weighted by atomic mass is 10.00. The van der Waals surface area contributed by atoms with Crippen molar-refractivity contribution < 1.29 is 8.98 Å². The van der Waals surface area contributed by atoms with E-state index in [0.717, 1.165) is 17.0 Å². The molecule has 0 atom stereocenters. The van der Waals surface area contributed by atoms with Crippen LogP contribution in [0.2, 0.25) is 0 Å². The average Bonchev–Trinajstić information content (AvgIpc) is 2.72. The molecule has 0 aliphatic rings. The summed E-state index contributed by atoms with van der Waals surface area (Å²) in [5.74, 6) is 0.922. The fourth-order valence-corrected chi connectivity index (χ4v) is 2.60. The second kappa shape index (κ2) is 4.23. The quantitative estimate of drug-likeness (QED) is 0.601. The predicted octanol–water partition coefficient (Wildman–Crippen LogP) is 3.85. The lowest BCUT2D eigenvalue weighted by Crippen LogP contribution is -2.28. The van der Waals surface area contributed by atoms with Gasteiger partial charge in [-0.25, -0.2) is 0 Å². The summed E-state index contributed by atoms with van der Waals surface area (Å²) in [6, 6.07) is 12.5. The molecule has 3 rings (SSSR count). The maximum Gasteiger partial charge on any atom is 0.381 e. The van der Waals surface area contributed by atoms with Crippen LogP contribution >= 0.6 is 0 Å². The first-order valence-corrected chi connectivity index (χ1v) is 6.53. The molecular formula is C17H18NO+. The van der Waals surface area contributed by atoms with Gasteiger partial charge in [0.25, 0.3) is 5.52 Å². The second-order valence-electron chi connectivity index (χ2n) is 5.19. The Kier molecular flexibility index (Phi) is 2.67. The predicted molar refractivity (Wildman–Crippen MR) is 77.0 cm³/mol. The van der Waals surface area contributed by atoms with Gasteiger partial charge in [-0.3, -0.25) is 0 Å². The summed E-state index contributed by atoms with van der Waals surface area (Å²) in [5, 5.41) is 0. The van der Waals surface area contributed by atoms with Crippen molar-refractivity contribution >= 4 is 11.1 Å². The highest BCUT2D eigenvalue weighted by Crippen LogP contribution is 2.27. The number of aromatic nitrogens is 1. The summed E-state index contributed by atoms with van der Waals surface area (Å²) >= 11 is 0. The first kappa shape index (κ1) is 12.0. The molecule has 0 radical (unpaired) electrons. The Morgan fingerprint density at radius 2 is 1.74 bits per heavy atom. The molecule has 96 valence electrons. The molecule has 0 spiro atoms. The summed E-state index contributed by atoms with van der Waals surface area (Å²) in [5.41, 5.74) is 7.07. The molecule has 0 fully saturated rings. The van der Waals surface area contributed by atoms with E-state index in [9.17, 15) is 0 Å². The minimum atomic E-state index is 0.922. The number of oxazole rings is 1. The van der Waals surface area contributed by atoms with Gasteiger partial charge >= 0.3 is 5.89 Å². The van der Waals surface area contributed by atoms with E-state index in [0.29, 0.717) is 0 Å². The minimum Gasteiger partial charge on any atom is -0.398 e. The lowest BCUT2D eigenvalue weighted by molar-refractivity contribution is -0.637. The van der Waals surface area contributed by atoms with Gasteiger partial charge in [0.15, 0.2) is 0 Å². The van der Waals surface area contributed by atoms with E-state index >= 15 is 0 Å². The van der Waals surface area contributed by atoms with Gasteiger partial charge in [-0.1, -0.05) is 18.2 Å². The molecule has 3 aromatic rings. The molecule has 2 aromatic carbocycles. The fourth-order valence-electron chi connectivity index (χ4n) is 2.60. The van der Waals surface area contributed by atoms with Gasteiger partial charge in [-0.2, -0.15) is 4.57 Å². The number of nitrogens with zero attached hydrogens (tertiary/aromatic N) is 1. The Hall–Kier alpha value is -2.09. The van der Waals surface area contributed by atoms with Crippen LogP contribution in [0.1, 0.15) is 16.7 Å². The van der Waals surface area contributed by atoms with Crippen LogP contribution in [0.3, 0.4) is 0 Å². The molecule has 0 N–H and O–H groups in total. The Bertz CT molecular complexity index is 768. The fraction of sp³-hybridized carbons (Fsp3) is 0.235. The molecule has 19 heavy (non-hydrogen) atoms. The van der Waals surface area contributed by atoms with E-state index in [4.69, 9.17) is 4.42 Å². The molecule has 0 aliphatic heterocycles. The van der Waals surface area contributed by atoms with Crippen LogP contribution in [0.4, 0.5) is 0 Å². The van der Waals surface area contributed by atoms with Crippen molar-refractivity contribution in [3.8, 4) is 11.5 Å². The van der Waals surface area contributed by atoms with Crippen LogP contribution < -0.4 is 4.57 Å². The van der Waals surface area contributed by atoms with Crippen molar-refractivity contribution in [2.45, 2.75) is 20.8 Å². The van der Waals surface area contributed by atoms with E-state index in [1.807, 2.05) is 18.2 Å². The number of benzene rings is 2. The smallest absolute Gasteiger partial charge is 0.381 e. The summed E-state index contributed by atoms with van der Waals surface area (Å²) < 4.78 is 8.16. The van der Waals surface area contributed by atoms with Crippen molar-refractivity contribution in [2.24, 2.45) is 7.05 Å². The maximum absolute atomic E-state index is 6.04. The van der Waals surface area contributed by atoms with Crippen LogP contribution in [-0.4, -0.2) is 0 Å². The van der Waals surface area contributed by atoms with E-state index < -0.39 is 0 Å². The van der Waals surface area contributed by atoms with Crippen molar-refractivity contribution in [3.63, 3.8) is 0 Å². The molecule has 0 bridgehead atoms. The molecule has 0 saturated heterocycles. The molecule has 0 aliphatic carbocycles. The van der Waals surface area contributed by atoms with Gasteiger partial charge in [-0.15, -0.1) is 0 Å². The Labute approximate surface area is 113 Å². The van der Waals surface area contributed by atoms with Gasteiger partial charge in [0.05, 0.1) is 5.56 Å². The zero-order chi connectivity index (χ0) is 13.6. The Morgan fingerprint density at radius 1 is 1.00 bits per heavy atom. The number of para-hydroxylation sites is 2. The number of hydrogen-bond donors (Lipinski definition) is 0. The maximum atomic E-state index is 6.04. The third kappa shape index (κ3) is 1.84. The topological polar surface area (TPSA) is 17.0 Å². The molecule has 0 saturated carbocycles. The normalized spacial score (nSPS) is 11.2. The zero-order valence-electron chi connectivity index (χ0n) is 11.8. The van der Waals surface area contributed by atoms with Crippen molar-refractivity contribution in [2.75, 3.05) is 0 Å². The van der Waals surface area contributed by atoms with Gasteiger partial charge in [0, 0.05) is 6.07 Å². The van der Waals surface area contributed by atoms with Crippen molar-refractivity contribution in [3.05, 3.63) is 53.1 Å². The summed E-state index contributed by atoms with van der Waals surface area (Å²) in [6.07, 6.45) is 0. The SMILES string of the molecule is Cc1cc(C)c(C)c(-c2oc3ccccc3[n+]2C)c1. The highest BCUT2D eigenvalue weighted by atomic mass is 16.4. The number of hydrogen-bond acceptors (Lipinski definition) is 1. The van der Waals surface area contributed by atoms with Gasteiger partial charge in [0.1, 0.15) is 7.05 Å². The van der Waals surface area contributed by atoms with Crippen molar-refractivity contribution in [1.29, 1.82) is 0 Å². The van der Waals surface area contributed by atoms with E-state index in [1.54, 1.807) is 0 Å². The van der Waals surface area contributed by atoms with Crippen molar-refractivity contribution in [1.82, 2.24) is 0 Å². The molecule has 2 heteroatoms. The summed E-state index contributed by atoms with van der Waals surface area (Å²) in [4.78, 5) is 0. The number of rotatable bonds is 1. The standard InChI is InChI=1S/C17H18NO/c1-11-9-12(2)13(3)14(10-11)17-18(4)15-7-5-6-8-16(15)19-17/h5-10H,1-4H3/q+1. The highest BCUT2D eigenvalue weighted by molar-refractivity contribution is 5.72. The first-order chi connectivity index (χ1) is 9.08. The van der Waals surface area contributed by atoms with Crippen LogP contribution in [0.25, 0.3) is 22.6 Å². The highest BCUT2D eigenvalue weighted by Gasteiger charge is 2.22. The lowest BCUT2D eigenvalue weighted by Gasteiger charge is -2.05. The third-order valence-corrected chi connectivity index (χ3v) is 3.78.